The fraction of sp³-hybridized carbons (Fsp3) is 0.600. The Balaban J connectivity index is 1.79. The molecule has 116 valence electrons. The van der Waals surface area contributed by atoms with E-state index in [0.717, 1.165) is 18.4 Å². The van der Waals surface area contributed by atoms with Gasteiger partial charge < -0.3 is 5.32 Å². The molecule has 0 saturated heterocycles. The van der Waals surface area contributed by atoms with Gasteiger partial charge >= 0.3 is 0 Å². The summed E-state index contributed by atoms with van der Waals surface area (Å²) in [5.41, 5.74) is 2.81. The number of allylic oxidation sites excluding steroid dienone is 2. The highest BCUT2D eigenvalue weighted by Gasteiger charge is 2.21. The van der Waals surface area contributed by atoms with Gasteiger partial charge in [0.05, 0.1) is 0 Å². The van der Waals surface area contributed by atoms with Crippen molar-refractivity contribution in [1.29, 1.82) is 0 Å². The SMILES string of the molecule is C/C=C/CCC1CCC(c2ccc(NCCC)cc2)CC1. The number of rotatable bonds is 7. The Kier molecular flexibility index (Phi) is 6.85. The summed E-state index contributed by atoms with van der Waals surface area (Å²) in [7, 11) is 0. The van der Waals surface area contributed by atoms with Gasteiger partial charge in [-0.25, -0.2) is 0 Å². The Morgan fingerprint density at radius 1 is 1.10 bits per heavy atom. The lowest BCUT2D eigenvalue weighted by Gasteiger charge is -2.28. The van der Waals surface area contributed by atoms with E-state index in [4.69, 9.17) is 0 Å². The van der Waals surface area contributed by atoms with E-state index in [-0.39, 0.29) is 0 Å². The summed E-state index contributed by atoms with van der Waals surface area (Å²) in [6.45, 7) is 5.39. The van der Waals surface area contributed by atoms with Crippen molar-refractivity contribution in [3.05, 3.63) is 42.0 Å². The number of hydrogen-bond donors (Lipinski definition) is 1. The maximum atomic E-state index is 3.45. The summed E-state index contributed by atoms with van der Waals surface area (Å²) in [4.78, 5) is 0. The average Bonchev–Trinajstić information content (AvgIpc) is 2.54. The van der Waals surface area contributed by atoms with Crippen LogP contribution in [0.5, 0.6) is 0 Å². The summed E-state index contributed by atoms with van der Waals surface area (Å²) in [5, 5.41) is 3.45. The second-order valence-corrected chi connectivity index (χ2v) is 6.41. The highest BCUT2D eigenvalue weighted by molar-refractivity contribution is 5.45. The predicted octanol–water partition coefficient (Wildman–Crippen LogP) is 6.14. The average molecular weight is 285 g/mol. The second-order valence-electron chi connectivity index (χ2n) is 6.41. The molecule has 0 amide bonds. The monoisotopic (exact) mass is 285 g/mol. The normalized spacial score (nSPS) is 22.6. The van der Waals surface area contributed by atoms with Crippen molar-refractivity contribution in [2.24, 2.45) is 5.92 Å². The predicted molar refractivity (Wildman–Crippen MR) is 94.0 cm³/mol. The minimum Gasteiger partial charge on any atom is -0.385 e. The molecular formula is C20H31N. The first kappa shape index (κ1) is 16.1. The van der Waals surface area contributed by atoms with Crippen LogP contribution in [0.2, 0.25) is 0 Å². The first-order valence-corrected chi connectivity index (χ1v) is 8.78. The van der Waals surface area contributed by atoms with E-state index in [9.17, 15) is 0 Å². The molecule has 0 aliphatic heterocycles. The van der Waals surface area contributed by atoms with Crippen LogP contribution in [0.4, 0.5) is 5.69 Å². The number of benzene rings is 1. The summed E-state index contributed by atoms with van der Waals surface area (Å²) in [5.74, 6) is 1.76. The standard InChI is InChI=1S/C20H31N/c1-3-5-6-7-17-8-10-18(11-9-17)19-12-14-20(15-13-19)21-16-4-2/h3,5,12-15,17-18,21H,4,6-11,16H2,1-2H3/b5-3+. The number of nitrogens with one attached hydrogen (secondary N) is 1. The molecule has 0 radical (unpaired) electrons. The van der Waals surface area contributed by atoms with Crippen molar-refractivity contribution in [1.82, 2.24) is 0 Å². The molecule has 2 rings (SSSR count). The minimum atomic E-state index is 0.795. The van der Waals surface area contributed by atoms with Crippen LogP contribution in [-0.4, -0.2) is 6.54 Å². The lowest BCUT2D eigenvalue weighted by Crippen LogP contribution is -2.13. The van der Waals surface area contributed by atoms with Gasteiger partial charge in [-0.1, -0.05) is 31.2 Å². The zero-order valence-electron chi connectivity index (χ0n) is 13.8. The largest absolute Gasteiger partial charge is 0.385 e. The van der Waals surface area contributed by atoms with Crippen LogP contribution in [0.3, 0.4) is 0 Å². The van der Waals surface area contributed by atoms with Crippen molar-refractivity contribution in [3.8, 4) is 0 Å². The van der Waals surface area contributed by atoms with Crippen molar-refractivity contribution >= 4 is 5.69 Å². The van der Waals surface area contributed by atoms with Crippen molar-refractivity contribution in [2.45, 2.75) is 64.7 Å². The zero-order chi connectivity index (χ0) is 14.9. The fourth-order valence-corrected chi connectivity index (χ4v) is 3.43. The van der Waals surface area contributed by atoms with Gasteiger partial charge in [0.1, 0.15) is 0 Å². The molecule has 0 aromatic heterocycles. The Bertz CT molecular complexity index is 410. The Morgan fingerprint density at radius 3 is 2.43 bits per heavy atom. The molecule has 0 atom stereocenters. The molecule has 0 bridgehead atoms. The third-order valence-electron chi connectivity index (χ3n) is 4.79. The molecule has 1 nitrogen and oxygen atoms in total. The molecule has 21 heavy (non-hydrogen) atoms. The van der Waals surface area contributed by atoms with Crippen molar-refractivity contribution < 1.29 is 0 Å². The van der Waals surface area contributed by atoms with E-state index >= 15 is 0 Å². The molecule has 0 unspecified atom stereocenters. The van der Waals surface area contributed by atoms with Crippen LogP contribution < -0.4 is 5.32 Å². The minimum absolute atomic E-state index is 0.795. The van der Waals surface area contributed by atoms with E-state index in [2.05, 4.69) is 55.6 Å². The molecule has 1 saturated carbocycles. The molecule has 1 N–H and O–H groups in total. The van der Waals surface area contributed by atoms with Gasteiger partial charge in [-0.05, 0) is 81.4 Å². The van der Waals surface area contributed by atoms with Crippen LogP contribution in [0, 0.1) is 5.92 Å². The molecule has 1 heteroatoms. The highest BCUT2D eigenvalue weighted by Crippen LogP contribution is 2.37. The summed E-state index contributed by atoms with van der Waals surface area (Å²) in [6, 6.07) is 9.18. The van der Waals surface area contributed by atoms with Crippen molar-refractivity contribution in [3.63, 3.8) is 0 Å². The molecule has 1 aliphatic rings. The first-order valence-electron chi connectivity index (χ1n) is 8.78. The quantitative estimate of drug-likeness (QED) is 0.593. The molecule has 0 heterocycles. The van der Waals surface area contributed by atoms with Gasteiger partial charge in [0.2, 0.25) is 0 Å². The summed E-state index contributed by atoms with van der Waals surface area (Å²) >= 11 is 0. The second kappa shape index (κ2) is 8.92. The third kappa shape index (κ3) is 5.22. The number of hydrogen-bond acceptors (Lipinski definition) is 1. The van der Waals surface area contributed by atoms with E-state index in [1.54, 1.807) is 5.56 Å². The lowest BCUT2D eigenvalue weighted by molar-refractivity contribution is 0.312. The van der Waals surface area contributed by atoms with Gasteiger partial charge in [-0.2, -0.15) is 0 Å². The molecule has 1 fully saturated rings. The first-order chi connectivity index (χ1) is 10.3. The summed E-state index contributed by atoms with van der Waals surface area (Å²) in [6.07, 6.45) is 13.9. The zero-order valence-corrected chi connectivity index (χ0v) is 13.8. The fourth-order valence-electron chi connectivity index (χ4n) is 3.43. The molecule has 1 aromatic rings. The van der Waals surface area contributed by atoms with Gasteiger partial charge in [0.25, 0.3) is 0 Å². The highest BCUT2D eigenvalue weighted by atomic mass is 14.9. The van der Waals surface area contributed by atoms with Crippen LogP contribution in [-0.2, 0) is 0 Å². The Morgan fingerprint density at radius 2 is 1.81 bits per heavy atom. The van der Waals surface area contributed by atoms with Gasteiger partial charge in [-0.3, -0.25) is 0 Å². The van der Waals surface area contributed by atoms with Gasteiger partial charge in [0.15, 0.2) is 0 Å². The number of anilines is 1. The van der Waals surface area contributed by atoms with Gasteiger partial charge in [0, 0.05) is 12.2 Å². The van der Waals surface area contributed by atoms with Crippen LogP contribution in [0.15, 0.2) is 36.4 Å². The van der Waals surface area contributed by atoms with E-state index in [0.29, 0.717) is 0 Å². The molecule has 1 aliphatic carbocycles. The lowest BCUT2D eigenvalue weighted by atomic mass is 9.77. The molecule has 0 spiro atoms. The Hall–Kier alpha value is -1.24. The van der Waals surface area contributed by atoms with Gasteiger partial charge in [-0.15, -0.1) is 0 Å². The topological polar surface area (TPSA) is 12.0 Å². The Labute approximate surface area is 130 Å². The van der Waals surface area contributed by atoms with Crippen LogP contribution >= 0.6 is 0 Å². The maximum Gasteiger partial charge on any atom is 0.0340 e. The smallest absolute Gasteiger partial charge is 0.0340 e. The summed E-state index contributed by atoms with van der Waals surface area (Å²) < 4.78 is 0. The van der Waals surface area contributed by atoms with Crippen LogP contribution in [0.1, 0.15) is 70.3 Å². The maximum absolute atomic E-state index is 3.45. The van der Waals surface area contributed by atoms with E-state index < -0.39 is 0 Å². The van der Waals surface area contributed by atoms with E-state index in [1.165, 1.54) is 50.6 Å². The molecular weight excluding hydrogens is 254 g/mol. The van der Waals surface area contributed by atoms with E-state index in [1.807, 2.05) is 0 Å². The molecule has 1 aromatic carbocycles. The van der Waals surface area contributed by atoms with Crippen LogP contribution in [0.25, 0.3) is 0 Å². The third-order valence-corrected chi connectivity index (χ3v) is 4.79. The van der Waals surface area contributed by atoms with Crippen molar-refractivity contribution in [2.75, 3.05) is 11.9 Å².